The molecule has 0 N–H and O–H groups in total. The summed E-state index contributed by atoms with van der Waals surface area (Å²) in [4.78, 5) is 0. The zero-order valence-electron chi connectivity index (χ0n) is 10.6. The zero-order valence-corrected chi connectivity index (χ0v) is 10.6. The SMILES string of the molecule is N#Cc1ccc(OCCOCCC2CCC2)cc1. The summed E-state index contributed by atoms with van der Waals surface area (Å²) in [5.41, 5.74) is 0.652. The van der Waals surface area contributed by atoms with Crippen LogP contribution in [0.2, 0.25) is 0 Å². The van der Waals surface area contributed by atoms with Gasteiger partial charge < -0.3 is 9.47 Å². The summed E-state index contributed by atoms with van der Waals surface area (Å²) < 4.78 is 11.0. The molecular formula is C15H19NO2. The van der Waals surface area contributed by atoms with Crippen LogP contribution in [-0.4, -0.2) is 19.8 Å². The standard InChI is InChI=1S/C15H19NO2/c16-12-14-4-6-15(7-5-14)18-11-10-17-9-8-13-2-1-3-13/h4-7,13H,1-3,8-11H2. The molecule has 1 saturated carbocycles. The molecule has 1 fully saturated rings. The first-order chi connectivity index (χ1) is 8.88. The molecule has 96 valence electrons. The lowest BCUT2D eigenvalue weighted by atomic mass is 9.83. The second-order valence-electron chi connectivity index (χ2n) is 4.68. The maximum absolute atomic E-state index is 8.66. The van der Waals surface area contributed by atoms with E-state index in [9.17, 15) is 0 Å². The Kier molecular flexibility index (Phi) is 5.04. The Balaban J connectivity index is 1.52. The third kappa shape index (κ3) is 4.05. The largest absolute Gasteiger partial charge is 0.491 e. The molecule has 0 amide bonds. The Morgan fingerprint density at radius 1 is 1.11 bits per heavy atom. The number of benzene rings is 1. The molecule has 0 unspecified atom stereocenters. The molecule has 0 atom stereocenters. The molecule has 0 bridgehead atoms. The van der Waals surface area contributed by atoms with Crippen molar-refractivity contribution in [3.8, 4) is 11.8 Å². The molecule has 1 aromatic carbocycles. The van der Waals surface area contributed by atoms with Crippen LogP contribution in [0.1, 0.15) is 31.2 Å². The fraction of sp³-hybridized carbons (Fsp3) is 0.533. The molecule has 2 rings (SSSR count). The van der Waals surface area contributed by atoms with E-state index in [2.05, 4.69) is 6.07 Å². The van der Waals surface area contributed by atoms with Crippen molar-refractivity contribution in [3.05, 3.63) is 29.8 Å². The minimum Gasteiger partial charge on any atom is -0.491 e. The second kappa shape index (κ2) is 7.03. The molecule has 0 radical (unpaired) electrons. The van der Waals surface area contributed by atoms with Crippen LogP contribution in [0.4, 0.5) is 0 Å². The van der Waals surface area contributed by atoms with Crippen LogP contribution in [0.5, 0.6) is 5.75 Å². The van der Waals surface area contributed by atoms with Gasteiger partial charge in [0, 0.05) is 6.61 Å². The van der Waals surface area contributed by atoms with Gasteiger partial charge in [-0.05, 0) is 36.6 Å². The van der Waals surface area contributed by atoms with E-state index in [1.165, 1.54) is 25.7 Å². The van der Waals surface area contributed by atoms with Crippen molar-refractivity contribution >= 4 is 0 Å². The minimum absolute atomic E-state index is 0.566. The van der Waals surface area contributed by atoms with Crippen LogP contribution in [-0.2, 0) is 4.74 Å². The van der Waals surface area contributed by atoms with Crippen molar-refractivity contribution in [2.75, 3.05) is 19.8 Å². The number of nitrogens with zero attached hydrogens (tertiary/aromatic N) is 1. The van der Waals surface area contributed by atoms with Gasteiger partial charge in [0.2, 0.25) is 0 Å². The number of nitriles is 1. The van der Waals surface area contributed by atoms with E-state index < -0.39 is 0 Å². The normalized spacial score (nSPS) is 14.8. The highest BCUT2D eigenvalue weighted by Gasteiger charge is 2.16. The third-order valence-electron chi connectivity index (χ3n) is 3.37. The summed E-state index contributed by atoms with van der Waals surface area (Å²) in [5, 5.41) is 8.66. The molecule has 1 aliphatic rings. The molecule has 0 aromatic heterocycles. The lowest BCUT2D eigenvalue weighted by Crippen LogP contribution is -2.15. The summed E-state index contributed by atoms with van der Waals surface area (Å²) in [6.07, 6.45) is 5.35. The van der Waals surface area contributed by atoms with E-state index in [-0.39, 0.29) is 0 Å². The first-order valence-electron chi connectivity index (χ1n) is 6.59. The Morgan fingerprint density at radius 2 is 1.89 bits per heavy atom. The summed E-state index contributed by atoms with van der Waals surface area (Å²) in [6.45, 7) is 2.05. The highest BCUT2D eigenvalue weighted by molar-refractivity contribution is 5.34. The summed E-state index contributed by atoms with van der Waals surface area (Å²) >= 11 is 0. The van der Waals surface area contributed by atoms with Gasteiger partial charge in [-0.15, -0.1) is 0 Å². The number of hydrogen-bond acceptors (Lipinski definition) is 3. The molecule has 0 saturated heterocycles. The van der Waals surface area contributed by atoms with Crippen molar-refractivity contribution < 1.29 is 9.47 Å². The molecule has 3 heteroatoms. The van der Waals surface area contributed by atoms with E-state index >= 15 is 0 Å². The third-order valence-corrected chi connectivity index (χ3v) is 3.37. The number of rotatable bonds is 7. The first kappa shape index (κ1) is 12.9. The minimum atomic E-state index is 0.566. The van der Waals surface area contributed by atoms with E-state index in [0.29, 0.717) is 18.8 Å². The highest BCUT2D eigenvalue weighted by Crippen LogP contribution is 2.29. The summed E-state index contributed by atoms with van der Waals surface area (Å²) in [6, 6.07) is 9.22. The van der Waals surface area contributed by atoms with Crippen molar-refractivity contribution in [2.24, 2.45) is 5.92 Å². The van der Waals surface area contributed by atoms with Gasteiger partial charge in [0.15, 0.2) is 0 Å². The van der Waals surface area contributed by atoms with E-state index in [1.807, 2.05) is 12.1 Å². The zero-order chi connectivity index (χ0) is 12.6. The lowest BCUT2D eigenvalue weighted by molar-refractivity contribution is 0.0812. The van der Waals surface area contributed by atoms with Crippen LogP contribution in [0.3, 0.4) is 0 Å². The molecule has 3 nitrogen and oxygen atoms in total. The van der Waals surface area contributed by atoms with Crippen LogP contribution in [0.15, 0.2) is 24.3 Å². The average molecular weight is 245 g/mol. The monoisotopic (exact) mass is 245 g/mol. The predicted molar refractivity (Wildman–Crippen MR) is 69.4 cm³/mol. The maximum atomic E-state index is 8.66. The van der Waals surface area contributed by atoms with E-state index in [0.717, 1.165) is 18.3 Å². The van der Waals surface area contributed by atoms with Crippen molar-refractivity contribution in [1.29, 1.82) is 5.26 Å². The van der Waals surface area contributed by atoms with Crippen LogP contribution < -0.4 is 4.74 Å². The fourth-order valence-corrected chi connectivity index (χ4v) is 1.98. The summed E-state index contributed by atoms with van der Waals surface area (Å²) in [5.74, 6) is 1.70. The Labute approximate surface area is 108 Å². The van der Waals surface area contributed by atoms with Gasteiger partial charge in [0.05, 0.1) is 18.2 Å². The quantitative estimate of drug-likeness (QED) is 0.693. The second-order valence-corrected chi connectivity index (χ2v) is 4.68. The first-order valence-corrected chi connectivity index (χ1v) is 6.59. The summed E-state index contributed by atoms with van der Waals surface area (Å²) in [7, 11) is 0. The molecule has 0 heterocycles. The van der Waals surface area contributed by atoms with Gasteiger partial charge in [-0.2, -0.15) is 5.26 Å². The molecule has 18 heavy (non-hydrogen) atoms. The van der Waals surface area contributed by atoms with Crippen LogP contribution >= 0.6 is 0 Å². The number of ether oxygens (including phenoxy) is 2. The Hall–Kier alpha value is -1.53. The van der Waals surface area contributed by atoms with Crippen molar-refractivity contribution in [3.63, 3.8) is 0 Å². The molecule has 1 aliphatic carbocycles. The van der Waals surface area contributed by atoms with Gasteiger partial charge in [0.25, 0.3) is 0 Å². The number of hydrogen-bond donors (Lipinski definition) is 0. The highest BCUT2D eigenvalue weighted by atomic mass is 16.5. The maximum Gasteiger partial charge on any atom is 0.119 e. The predicted octanol–water partition coefficient (Wildman–Crippen LogP) is 3.14. The lowest BCUT2D eigenvalue weighted by Gasteiger charge is -2.24. The molecule has 0 aliphatic heterocycles. The van der Waals surface area contributed by atoms with Crippen molar-refractivity contribution in [1.82, 2.24) is 0 Å². The van der Waals surface area contributed by atoms with Gasteiger partial charge in [-0.3, -0.25) is 0 Å². The smallest absolute Gasteiger partial charge is 0.119 e. The fourth-order valence-electron chi connectivity index (χ4n) is 1.98. The van der Waals surface area contributed by atoms with E-state index in [1.54, 1.807) is 12.1 Å². The average Bonchev–Trinajstić information content (AvgIpc) is 2.36. The molecular weight excluding hydrogens is 226 g/mol. The van der Waals surface area contributed by atoms with Gasteiger partial charge in [-0.25, -0.2) is 0 Å². The van der Waals surface area contributed by atoms with Gasteiger partial charge in [0.1, 0.15) is 12.4 Å². The molecule has 1 aromatic rings. The Morgan fingerprint density at radius 3 is 2.50 bits per heavy atom. The van der Waals surface area contributed by atoms with E-state index in [4.69, 9.17) is 14.7 Å². The van der Waals surface area contributed by atoms with Crippen LogP contribution in [0, 0.1) is 17.2 Å². The van der Waals surface area contributed by atoms with Gasteiger partial charge in [-0.1, -0.05) is 19.3 Å². The topological polar surface area (TPSA) is 42.2 Å². The van der Waals surface area contributed by atoms with Crippen molar-refractivity contribution in [2.45, 2.75) is 25.7 Å². The Bertz CT molecular complexity index is 390. The molecule has 0 spiro atoms. The van der Waals surface area contributed by atoms with Gasteiger partial charge >= 0.3 is 0 Å². The van der Waals surface area contributed by atoms with Crippen LogP contribution in [0.25, 0.3) is 0 Å².